The van der Waals surface area contributed by atoms with Gasteiger partial charge in [-0.25, -0.2) is 18.9 Å². The maximum Gasteiger partial charge on any atom is 0.472 e. The molecule has 26 nitrogen and oxygen atoms in total. The standard InChI is InChI=1S/C50H81N11O15P2/c1-3-4-5-6-7-8-9-10-11-12-13-14-15-16-17-18-19-20-21-22-27-53-41-26-29-60(49(64)55-41)43-30-37(39(74-43)34-72-78(69,70)71-33-36-23-24-42(73-36)59-28-25-40(51)54-48(59)63)45(76-77(66,67)68)46-38(57-58-52)31-44(75-46)61-32-35(2)47(62)56-50(61)65/h25-26,28-29,32,36-39,42-46H,3-24,27,30-31,33-34H2,1-2H3,(H,69,70)(H2,51,54,63)(H,53,55,64)(H,56,62,65)(H2,66,67,68)/p-1. The number of H-pyrrole nitrogens is 1. The molecular weight excluding hydrogens is 1060 g/mol. The van der Waals surface area contributed by atoms with Gasteiger partial charge in [0.05, 0.1) is 43.7 Å². The average Bonchev–Trinajstić information content (AvgIpc) is 4.21. The summed E-state index contributed by atoms with van der Waals surface area (Å²) in [7, 11) is -10.7. The molecule has 3 fully saturated rings. The molecule has 6 rings (SSSR count). The van der Waals surface area contributed by atoms with Crippen LogP contribution in [0.25, 0.3) is 10.4 Å². The summed E-state index contributed by atoms with van der Waals surface area (Å²) in [6.07, 6.45) is 20.9. The number of nitrogen functional groups attached to an aromatic ring is 1. The number of hydrogen-bond donors (Lipinski definition) is 5. The van der Waals surface area contributed by atoms with Gasteiger partial charge in [-0.2, -0.15) is 9.97 Å². The topological polar surface area (TPSA) is 364 Å². The van der Waals surface area contributed by atoms with E-state index in [0.717, 1.165) is 28.4 Å². The normalized spacial score (nSPS) is 24.2. The molecule has 3 aliphatic rings. The predicted octanol–water partition coefficient (Wildman–Crippen LogP) is 7.70. The Hall–Kier alpha value is -4.55. The fraction of sp³-hybridized carbons (Fsp3) is 0.760. The lowest BCUT2D eigenvalue weighted by Gasteiger charge is -2.35. The quantitative estimate of drug-likeness (QED) is 0.0122. The van der Waals surface area contributed by atoms with Crippen molar-refractivity contribution in [2.75, 3.05) is 30.8 Å². The zero-order valence-electron chi connectivity index (χ0n) is 44.9. The Kier molecular flexibility index (Phi) is 25.3. The number of unbranched alkanes of at least 4 members (excludes halogenated alkanes) is 19. The van der Waals surface area contributed by atoms with Gasteiger partial charge in [-0.15, -0.1) is 0 Å². The fourth-order valence-electron chi connectivity index (χ4n) is 10.5. The van der Waals surface area contributed by atoms with Gasteiger partial charge >= 0.3 is 24.9 Å². The van der Waals surface area contributed by atoms with Crippen LogP contribution in [-0.4, -0.2) is 88.7 Å². The Morgan fingerprint density at radius 3 is 1.95 bits per heavy atom. The lowest BCUT2D eigenvalue weighted by atomic mass is 9.88. The highest BCUT2D eigenvalue weighted by molar-refractivity contribution is 7.47. The summed E-state index contributed by atoms with van der Waals surface area (Å²) in [6, 6.07) is 1.71. The van der Waals surface area contributed by atoms with Crippen LogP contribution in [0.1, 0.15) is 185 Å². The van der Waals surface area contributed by atoms with E-state index in [2.05, 4.69) is 37.2 Å². The first-order valence-electron chi connectivity index (χ1n) is 27.8. The Bertz CT molecular complexity index is 2730. The van der Waals surface area contributed by atoms with Gasteiger partial charge in [0.1, 0.15) is 30.3 Å². The molecular formula is C50H80N11O15P2-. The third kappa shape index (κ3) is 19.9. The molecule has 0 aliphatic carbocycles. The van der Waals surface area contributed by atoms with E-state index in [4.69, 9.17) is 33.5 Å². The van der Waals surface area contributed by atoms with Gasteiger partial charge < -0.3 is 44.5 Å². The van der Waals surface area contributed by atoms with E-state index in [0.29, 0.717) is 25.2 Å². The van der Waals surface area contributed by atoms with Crippen LogP contribution in [0, 0.1) is 12.8 Å². The third-order valence-corrected chi connectivity index (χ3v) is 16.1. The molecule has 6 N–H and O–H groups in total. The monoisotopic (exact) mass is 1140 g/mol. The van der Waals surface area contributed by atoms with Crippen molar-refractivity contribution in [3.8, 4) is 0 Å². The number of ether oxygens (including phenoxy) is 3. The molecule has 28 heteroatoms. The first-order chi connectivity index (χ1) is 37.4. The van der Waals surface area contributed by atoms with Crippen LogP contribution in [-0.2, 0) is 36.9 Å². The Morgan fingerprint density at radius 2 is 1.36 bits per heavy atom. The van der Waals surface area contributed by atoms with E-state index in [-0.39, 0.29) is 24.2 Å². The molecule has 3 aliphatic heterocycles. The second kappa shape index (κ2) is 31.4. The third-order valence-electron chi connectivity index (χ3n) is 14.6. The highest BCUT2D eigenvalue weighted by atomic mass is 31.2. The van der Waals surface area contributed by atoms with Gasteiger partial charge in [-0.05, 0) is 43.9 Å². The Morgan fingerprint density at radius 1 is 0.795 bits per heavy atom. The van der Waals surface area contributed by atoms with Crippen molar-refractivity contribution >= 4 is 27.3 Å². The lowest BCUT2D eigenvalue weighted by molar-refractivity contribution is -0.232. The number of aryl methyl sites for hydroxylation is 1. The van der Waals surface area contributed by atoms with Crippen molar-refractivity contribution in [3.05, 3.63) is 88.5 Å². The van der Waals surface area contributed by atoms with Crippen LogP contribution in [0.2, 0.25) is 0 Å². The van der Waals surface area contributed by atoms with Crippen molar-refractivity contribution in [3.63, 3.8) is 0 Å². The molecule has 3 aromatic heterocycles. The highest BCUT2D eigenvalue weighted by Crippen LogP contribution is 2.50. The van der Waals surface area contributed by atoms with Crippen molar-refractivity contribution in [2.24, 2.45) is 11.0 Å². The van der Waals surface area contributed by atoms with Crippen LogP contribution in [0.5, 0.6) is 0 Å². The number of nitrogens with one attached hydrogen (secondary N) is 2. The number of aromatic nitrogens is 6. The smallest absolute Gasteiger partial charge is 0.472 e. The number of nitrogens with zero attached hydrogens (tertiary/aromatic N) is 8. The number of nitrogens with two attached hydrogens (primary N) is 1. The van der Waals surface area contributed by atoms with Crippen LogP contribution >= 0.6 is 15.6 Å². The van der Waals surface area contributed by atoms with Crippen LogP contribution < -0.4 is 38.6 Å². The summed E-state index contributed by atoms with van der Waals surface area (Å²) in [5.74, 6) is -0.966. The number of phosphoric acid groups is 2. The zero-order chi connectivity index (χ0) is 56.1. The van der Waals surface area contributed by atoms with Gasteiger partial charge in [0.25, 0.3) is 13.4 Å². The van der Waals surface area contributed by atoms with E-state index >= 15 is 0 Å². The first-order valence-corrected chi connectivity index (χ1v) is 30.8. The van der Waals surface area contributed by atoms with Crippen LogP contribution in [0.15, 0.2) is 55.0 Å². The number of azide groups is 1. The molecule has 0 radical (unpaired) electrons. The highest BCUT2D eigenvalue weighted by Gasteiger charge is 2.52. The predicted molar refractivity (Wildman–Crippen MR) is 287 cm³/mol. The Balaban J connectivity index is 1.03. The maximum absolute atomic E-state index is 13.7. The van der Waals surface area contributed by atoms with Gasteiger partial charge in [-0.1, -0.05) is 134 Å². The zero-order valence-corrected chi connectivity index (χ0v) is 46.7. The van der Waals surface area contributed by atoms with Gasteiger partial charge in [-0.3, -0.25) is 37.1 Å². The summed E-state index contributed by atoms with van der Waals surface area (Å²) in [4.78, 5) is 97.8. The fourth-order valence-corrected chi connectivity index (χ4v) is 11.8. The minimum atomic E-state index is -5.71. The molecule has 0 spiro atoms. The molecule has 436 valence electrons. The van der Waals surface area contributed by atoms with Gasteiger partial charge in [0.15, 0.2) is 0 Å². The summed E-state index contributed by atoms with van der Waals surface area (Å²) in [5.41, 5.74) is 12.3. The molecule has 0 saturated carbocycles. The maximum atomic E-state index is 13.7. The van der Waals surface area contributed by atoms with Crippen molar-refractivity contribution in [2.45, 2.75) is 217 Å². The first kappa shape index (κ1) is 62.6. The second-order valence-corrected chi connectivity index (χ2v) is 23.3. The molecule has 3 aromatic rings. The molecule has 0 aromatic carbocycles. The van der Waals surface area contributed by atoms with Crippen LogP contribution in [0.3, 0.4) is 0 Å². The summed E-state index contributed by atoms with van der Waals surface area (Å²) < 4.78 is 63.7. The minimum Gasteiger partial charge on any atom is -0.756 e. The number of anilines is 2. The molecule has 0 amide bonds. The molecule has 0 bridgehead atoms. The van der Waals surface area contributed by atoms with Crippen molar-refractivity contribution < 1.29 is 51.6 Å². The van der Waals surface area contributed by atoms with Gasteiger partial charge in [0, 0.05) is 54.4 Å². The largest absolute Gasteiger partial charge is 0.756 e. The van der Waals surface area contributed by atoms with E-state index in [9.17, 15) is 48.5 Å². The lowest BCUT2D eigenvalue weighted by Crippen LogP contribution is -2.45. The van der Waals surface area contributed by atoms with E-state index in [1.54, 1.807) is 6.07 Å². The summed E-state index contributed by atoms with van der Waals surface area (Å²) in [5, 5.41) is 6.97. The summed E-state index contributed by atoms with van der Waals surface area (Å²) >= 11 is 0. The van der Waals surface area contributed by atoms with Crippen molar-refractivity contribution in [1.82, 2.24) is 28.7 Å². The van der Waals surface area contributed by atoms with E-state index in [1.807, 2.05) is 0 Å². The number of hydrogen-bond acceptors (Lipinski definition) is 18. The van der Waals surface area contributed by atoms with Gasteiger partial charge in [0.2, 0.25) is 0 Å². The second-order valence-electron chi connectivity index (χ2n) is 20.6. The molecule has 11 atom stereocenters. The van der Waals surface area contributed by atoms with E-state index < -0.39 is 107 Å². The average molecular weight is 1140 g/mol. The number of phosphoric ester groups is 2. The SMILES string of the molecule is CCCCCCCCCCCCCCCCCCCCCCNc1ccn(C2CC(C(OP(=O)([O-])O)C3OC(n4cc(C)c(=O)[nH]c4=O)CC3N=[N+]=[N-])C(COP(=O)(O)OCC3CCC(n4ccc(N)nc4=O)O3)O2)c(=O)n1. The van der Waals surface area contributed by atoms with Crippen LogP contribution in [0.4, 0.5) is 11.6 Å². The van der Waals surface area contributed by atoms with Crippen molar-refractivity contribution in [1.29, 1.82) is 0 Å². The van der Waals surface area contributed by atoms with E-state index in [1.165, 1.54) is 145 Å². The Labute approximate surface area is 453 Å². The number of rotatable bonds is 36. The minimum absolute atomic E-state index is 0.0252. The molecule has 3 saturated heterocycles. The summed E-state index contributed by atoms with van der Waals surface area (Å²) in [6.45, 7) is 3.01. The molecule has 11 unspecified atom stereocenters. The molecule has 78 heavy (non-hydrogen) atoms. The molecule has 6 heterocycles. The number of aromatic amines is 1.